The Morgan fingerprint density at radius 1 is 1.36 bits per heavy atom. The number of nitrogens with zero attached hydrogens (tertiary/aromatic N) is 4. The highest BCUT2D eigenvalue weighted by Gasteiger charge is 2.38. The molecule has 6 nitrogen and oxygen atoms in total. The lowest BCUT2D eigenvalue weighted by Crippen LogP contribution is -2.41. The predicted molar refractivity (Wildman–Crippen MR) is 86.8 cm³/mol. The predicted octanol–water partition coefficient (Wildman–Crippen LogP) is 2.60. The molecule has 2 aromatic rings. The quantitative estimate of drug-likeness (QED) is 0.820. The summed E-state index contributed by atoms with van der Waals surface area (Å²) in [5.74, 6) is 1.65. The number of nitrogens with two attached hydrogens (primary N) is 1. The van der Waals surface area contributed by atoms with Crippen molar-refractivity contribution in [1.82, 2.24) is 19.3 Å². The van der Waals surface area contributed by atoms with Gasteiger partial charge < -0.3 is 10.6 Å². The zero-order chi connectivity index (χ0) is 15.4. The van der Waals surface area contributed by atoms with Crippen molar-refractivity contribution in [3.8, 4) is 0 Å². The van der Waals surface area contributed by atoms with Gasteiger partial charge in [0.2, 0.25) is 5.91 Å². The largest absolute Gasteiger partial charge is 0.382 e. The molecule has 2 N–H and O–H groups in total. The second-order valence-corrected chi connectivity index (χ2v) is 7.06. The Balaban J connectivity index is 1.79. The fourth-order valence-corrected chi connectivity index (χ4v) is 4.42. The maximum Gasteiger partial charge on any atom is 0.222 e. The molecule has 2 saturated heterocycles. The minimum atomic E-state index is 0.163. The highest BCUT2D eigenvalue weighted by Crippen LogP contribution is 2.37. The summed E-state index contributed by atoms with van der Waals surface area (Å²) < 4.78 is 2.49. The van der Waals surface area contributed by atoms with Gasteiger partial charge in [-0.05, 0) is 35.2 Å². The molecule has 0 unspecified atom stereocenters. The number of nitrogen functional groups attached to an aromatic ring is 1. The van der Waals surface area contributed by atoms with Gasteiger partial charge in [0, 0.05) is 24.9 Å². The Labute approximate surface area is 140 Å². The van der Waals surface area contributed by atoms with Gasteiger partial charge in [-0.25, -0.2) is 9.97 Å². The van der Waals surface area contributed by atoms with Crippen LogP contribution in [-0.4, -0.2) is 37.8 Å². The number of piperidine rings is 1. The molecule has 2 aliphatic heterocycles. The van der Waals surface area contributed by atoms with E-state index in [1.807, 2.05) is 9.30 Å². The lowest BCUT2D eigenvalue weighted by molar-refractivity contribution is -0.130. The van der Waals surface area contributed by atoms with Crippen molar-refractivity contribution >= 4 is 44.8 Å². The summed E-state index contributed by atoms with van der Waals surface area (Å²) in [5, 5.41) is 0.479. The lowest BCUT2D eigenvalue weighted by Gasteiger charge is -2.34. The molecule has 116 valence electrons. The first-order chi connectivity index (χ1) is 10.6. The van der Waals surface area contributed by atoms with Crippen LogP contribution in [0.2, 0.25) is 5.15 Å². The van der Waals surface area contributed by atoms with Crippen molar-refractivity contribution in [3.63, 3.8) is 0 Å². The van der Waals surface area contributed by atoms with Crippen molar-refractivity contribution in [2.45, 2.75) is 37.6 Å². The SMILES string of the molecule is Nc1ncc(Cl)n2c([C@@H]3CC[C@H]4CCC(=O)N4C3)nc(Br)c12. The van der Waals surface area contributed by atoms with Crippen LogP contribution in [0.5, 0.6) is 0 Å². The Bertz CT molecular complexity index is 776. The molecule has 0 bridgehead atoms. The Hall–Kier alpha value is -1.34. The molecule has 2 fully saturated rings. The minimum Gasteiger partial charge on any atom is -0.382 e. The molecule has 2 aromatic heterocycles. The number of halogens is 2. The molecule has 0 aliphatic carbocycles. The number of imidazole rings is 1. The van der Waals surface area contributed by atoms with Crippen LogP contribution in [0.15, 0.2) is 10.8 Å². The number of fused-ring (bicyclic) bond motifs is 2. The van der Waals surface area contributed by atoms with Crippen LogP contribution in [0.4, 0.5) is 5.82 Å². The average molecular weight is 385 g/mol. The number of hydrogen-bond donors (Lipinski definition) is 1. The van der Waals surface area contributed by atoms with E-state index < -0.39 is 0 Å². The molecule has 22 heavy (non-hydrogen) atoms. The third-order valence-corrected chi connectivity index (χ3v) is 5.53. The van der Waals surface area contributed by atoms with E-state index in [9.17, 15) is 4.79 Å². The van der Waals surface area contributed by atoms with Gasteiger partial charge >= 0.3 is 0 Å². The van der Waals surface area contributed by atoms with Gasteiger partial charge in [-0.15, -0.1) is 0 Å². The van der Waals surface area contributed by atoms with Crippen molar-refractivity contribution < 1.29 is 4.79 Å². The van der Waals surface area contributed by atoms with E-state index in [4.69, 9.17) is 17.3 Å². The topological polar surface area (TPSA) is 76.5 Å². The van der Waals surface area contributed by atoms with Gasteiger partial charge in [-0.2, -0.15) is 0 Å². The molecule has 2 atom stereocenters. The minimum absolute atomic E-state index is 0.163. The zero-order valence-electron chi connectivity index (χ0n) is 11.8. The van der Waals surface area contributed by atoms with E-state index in [-0.39, 0.29) is 11.8 Å². The van der Waals surface area contributed by atoms with Crippen molar-refractivity contribution in [2.75, 3.05) is 12.3 Å². The number of carbonyl (C=O) groups is 1. The van der Waals surface area contributed by atoms with Crippen LogP contribution >= 0.6 is 27.5 Å². The average Bonchev–Trinajstić information content (AvgIpc) is 3.05. The van der Waals surface area contributed by atoms with E-state index in [0.29, 0.717) is 40.1 Å². The Kier molecular flexibility index (Phi) is 3.30. The molecule has 0 saturated carbocycles. The molecular weight excluding hydrogens is 370 g/mol. The third kappa shape index (κ3) is 2.02. The molecule has 4 heterocycles. The number of aromatic nitrogens is 3. The smallest absolute Gasteiger partial charge is 0.222 e. The zero-order valence-corrected chi connectivity index (χ0v) is 14.1. The summed E-state index contributed by atoms with van der Waals surface area (Å²) in [6.45, 7) is 0.702. The highest BCUT2D eigenvalue weighted by atomic mass is 79.9. The first kappa shape index (κ1) is 14.3. The van der Waals surface area contributed by atoms with E-state index in [2.05, 4.69) is 25.9 Å². The molecule has 0 spiro atoms. The van der Waals surface area contributed by atoms with Gasteiger partial charge in [0.05, 0.1) is 6.20 Å². The number of carbonyl (C=O) groups excluding carboxylic acids is 1. The van der Waals surface area contributed by atoms with Gasteiger partial charge in [0.1, 0.15) is 21.1 Å². The summed E-state index contributed by atoms with van der Waals surface area (Å²) in [6, 6.07) is 0.403. The standard InChI is InChI=1S/C14H15BrClN5O/c15-12-11-13(17)18-5-9(16)21(11)14(19-12)7-1-2-8-3-4-10(22)20(8)6-7/h5,7-8H,1-4,6H2,(H2,17,18)/t7-,8+/m1/s1. The van der Waals surface area contributed by atoms with E-state index in [1.165, 1.54) is 6.20 Å². The molecule has 8 heteroatoms. The van der Waals surface area contributed by atoms with E-state index in [1.54, 1.807) is 0 Å². The summed E-state index contributed by atoms with van der Waals surface area (Å²) in [6.07, 6.45) is 5.20. The van der Waals surface area contributed by atoms with E-state index >= 15 is 0 Å². The van der Waals surface area contributed by atoms with Crippen LogP contribution in [0.25, 0.3) is 5.52 Å². The van der Waals surface area contributed by atoms with Crippen LogP contribution in [-0.2, 0) is 4.79 Å². The molecule has 4 rings (SSSR count). The van der Waals surface area contributed by atoms with Gasteiger partial charge in [0.15, 0.2) is 5.82 Å². The van der Waals surface area contributed by atoms with Gasteiger partial charge in [-0.3, -0.25) is 9.20 Å². The second kappa shape index (κ2) is 5.09. The molecule has 0 aromatic carbocycles. The Morgan fingerprint density at radius 3 is 3.00 bits per heavy atom. The normalized spacial score (nSPS) is 25.0. The summed E-state index contributed by atoms with van der Waals surface area (Å²) in [4.78, 5) is 22.7. The number of rotatable bonds is 1. The molecular formula is C14H15BrClN5O. The fourth-order valence-electron chi connectivity index (χ4n) is 3.64. The Morgan fingerprint density at radius 2 is 2.18 bits per heavy atom. The number of anilines is 1. The fraction of sp³-hybridized carbons (Fsp3) is 0.500. The molecule has 2 aliphatic rings. The van der Waals surface area contributed by atoms with Crippen LogP contribution in [0, 0.1) is 0 Å². The molecule has 0 radical (unpaired) electrons. The van der Waals surface area contributed by atoms with Crippen LogP contribution in [0.3, 0.4) is 0 Å². The van der Waals surface area contributed by atoms with Crippen molar-refractivity contribution in [1.29, 1.82) is 0 Å². The van der Waals surface area contributed by atoms with Crippen molar-refractivity contribution in [3.05, 3.63) is 21.8 Å². The maximum atomic E-state index is 12.0. The van der Waals surface area contributed by atoms with E-state index in [0.717, 1.165) is 25.1 Å². The van der Waals surface area contributed by atoms with Gasteiger partial charge in [-0.1, -0.05) is 11.6 Å². The number of hydrogen-bond acceptors (Lipinski definition) is 4. The first-order valence-corrected chi connectivity index (χ1v) is 8.50. The third-order valence-electron chi connectivity index (χ3n) is 4.71. The van der Waals surface area contributed by atoms with Gasteiger partial charge in [0.25, 0.3) is 0 Å². The van der Waals surface area contributed by atoms with Crippen LogP contribution < -0.4 is 5.73 Å². The maximum absolute atomic E-state index is 12.0. The lowest BCUT2D eigenvalue weighted by atomic mass is 9.93. The monoisotopic (exact) mass is 383 g/mol. The first-order valence-electron chi connectivity index (χ1n) is 7.33. The highest BCUT2D eigenvalue weighted by molar-refractivity contribution is 9.10. The summed E-state index contributed by atoms with van der Waals surface area (Å²) in [7, 11) is 0. The van der Waals surface area contributed by atoms with Crippen LogP contribution in [0.1, 0.15) is 37.4 Å². The second-order valence-electron chi connectivity index (χ2n) is 5.92. The molecule has 1 amide bonds. The van der Waals surface area contributed by atoms with Crippen molar-refractivity contribution in [2.24, 2.45) is 0 Å². The summed E-state index contributed by atoms with van der Waals surface area (Å²) >= 11 is 9.76. The summed E-state index contributed by atoms with van der Waals surface area (Å²) in [5.41, 5.74) is 6.64. The number of amides is 1.